The van der Waals surface area contributed by atoms with Crippen LogP contribution in [-0.2, 0) is 17.6 Å². The first-order chi connectivity index (χ1) is 7.20. The second-order valence-electron chi connectivity index (χ2n) is 3.64. The van der Waals surface area contributed by atoms with Crippen molar-refractivity contribution in [1.82, 2.24) is 0 Å². The molecule has 1 aromatic carbocycles. The summed E-state index contributed by atoms with van der Waals surface area (Å²) >= 11 is 8.89. The zero-order chi connectivity index (χ0) is 10.8. The van der Waals surface area contributed by atoms with E-state index in [9.17, 15) is 4.79 Å². The summed E-state index contributed by atoms with van der Waals surface area (Å²) in [4.78, 5) is 11.2. The molecule has 0 saturated carbocycles. The Hall–Kier alpha value is -0.540. The second-order valence-corrected chi connectivity index (χ2v) is 4.76. The van der Waals surface area contributed by atoms with Crippen molar-refractivity contribution in [2.24, 2.45) is 0 Å². The monoisotopic (exact) mass is 287 g/mol. The molecule has 1 aromatic rings. The zero-order valence-electron chi connectivity index (χ0n) is 8.15. The average molecular weight is 289 g/mol. The third-order valence-corrected chi connectivity index (χ3v) is 3.48. The summed E-state index contributed by atoms with van der Waals surface area (Å²) in [6, 6.07) is 4.13. The highest BCUT2D eigenvalue weighted by Gasteiger charge is 2.14. The van der Waals surface area contributed by atoms with Crippen LogP contribution < -0.4 is 5.32 Å². The van der Waals surface area contributed by atoms with Crippen molar-refractivity contribution >= 4 is 39.1 Å². The summed E-state index contributed by atoms with van der Waals surface area (Å²) in [5.41, 5.74) is 3.54. The van der Waals surface area contributed by atoms with Gasteiger partial charge in [-0.25, -0.2) is 0 Å². The van der Waals surface area contributed by atoms with Crippen molar-refractivity contribution < 1.29 is 4.79 Å². The molecule has 1 aliphatic rings. The first kappa shape index (κ1) is 11.0. The lowest BCUT2D eigenvalue weighted by Gasteiger charge is -2.08. The first-order valence-corrected chi connectivity index (χ1v) is 6.20. The van der Waals surface area contributed by atoms with E-state index in [0.717, 1.165) is 23.0 Å². The van der Waals surface area contributed by atoms with Gasteiger partial charge in [0.15, 0.2) is 0 Å². The minimum atomic E-state index is -0.171. The number of nitrogens with one attached hydrogen (secondary N) is 1. The Morgan fingerprint density at radius 3 is 2.73 bits per heavy atom. The van der Waals surface area contributed by atoms with E-state index in [-0.39, 0.29) is 11.8 Å². The molecule has 0 aliphatic heterocycles. The van der Waals surface area contributed by atoms with E-state index in [0.29, 0.717) is 0 Å². The van der Waals surface area contributed by atoms with Gasteiger partial charge in [0.05, 0.1) is 5.69 Å². The highest BCUT2D eigenvalue weighted by atomic mass is 79.9. The highest BCUT2D eigenvalue weighted by molar-refractivity contribution is 9.10. The number of hydrogen-bond acceptors (Lipinski definition) is 1. The van der Waals surface area contributed by atoms with Gasteiger partial charge in [-0.3, -0.25) is 4.79 Å². The molecule has 0 fully saturated rings. The fraction of sp³-hybridized carbons (Fsp3) is 0.364. The van der Waals surface area contributed by atoms with Crippen LogP contribution in [0.3, 0.4) is 0 Å². The molecule has 0 aromatic heterocycles. The molecule has 0 radical (unpaired) electrons. The lowest BCUT2D eigenvalue weighted by molar-refractivity contribution is -0.113. The predicted molar refractivity (Wildman–Crippen MR) is 65.5 cm³/mol. The summed E-state index contributed by atoms with van der Waals surface area (Å²) in [6.45, 7) is 0. The molecule has 80 valence electrons. The van der Waals surface area contributed by atoms with Crippen molar-refractivity contribution in [2.45, 2.75) is 19.3 Å². The average Bonchev–Trinajstić information content (AvgIpc) is 2.65. The molecule has 1 N–H and O–H groups in total. The predicted octanol–water partition coefficient (Wildman–Crippen LogP) is 3.12. The van der Waals surface area contributed by atoms with Crippen LogP contribution in [0.25, 0.3) is 0 Å². The minimum Gasteiger partial charge on any atom is -0.324 e. The summed E-state index contributed by atoms with van der Waals surface area (Å²) in [7, 11) is 0. The molecule has 1 amide bonds. The van der Waals surface area contributed by atoms with Crippen molar-refractivity contribution in [3.63, 3.8) is 0 Å². The van der Waals surface area contributed by atoms with Crippen LogP contribution >= 0.6 is 27.5 Å². The standard InChI is InChI=1S/C11H11BrClNO/c12-9-4-7-2-1-3-8(7)5-10(9)14-11(15)6-13/h4-5H,1-3,6H2,(H,14,15). The molecular formula is C11H11BrClNO. The van der Waals surface area contributed by atoms with Crippen molar-refractivity contribution in [1.29, 1.82) is 0 Å². The fourth-order valence-electron chi connectivity index (χ4n) is 1.87. The Bertz CT molecular complexity index is 406. The summed E-state index contributed by atoms with van der Waals surface area (Å²) in [5, 5.41) is 2.77. The number of fused-ring (bicyclic) bond motifs is 1. The number of carbonyl (C=O) groups is 1. The van der Waals surface area contributed by atoms with Gasteiger partial charge in [0, 0.05) is 4.47 Å². The molecule has 2 rings (SSSR count). The van der Waals surface area contributed by atoms with Gasteiger partial charge in [-0.2, -0.15) is 0 Å². The topological polar surface area (TPSA) is 29.1 Å². The Morgan fingerprint density at radius 2 is 2.07 bits per heavy atom. The quantitative estimate of drug-likeness (QED) is 0.832. The largest absolute Gasteiger partial charge is 0.324 e. The SMILES string of the molecule is O=C(CCl)Nc1cc2c(cc1Br)CCC2. The van der Waals surface area contributed by atoms with Crippen LogP contribution in [0.1, 0.15) is 17.5 Å². The number of aryl methyl sites for hydroxylation is 2. The lowest BCUT2D eigenvalue weighted by Crippen LogP contribution is -2.13. The lowest BCUT2D eigenvalue weighted by atomic mass is 10.1. The van der Waals surface area contributed by atoms with Crippen LogP contribution in [0.2, 0.25) is 0 Å². The van der Waals surface area contributed by atoms with E-state index in [1.807, 2.05) is 6.07 Å². The Kier molecular flexibility index (Phi) is 3.32. The normalized spacial score (nSPS) is 13.7. The highest BCUT2D eigenvalue weighted by Crippen LogP contribution is 2.31. The van der Waals surface area contributed by atoms with Crippen LogP contribution in [0.4, 0.5) is 5.69 Å². The maximum absolute atomic E-state index is 11.2. The van der Waals surface area contributed by atoms with Crippen LogP contribution in [-0.4, -0.2) is 11.8 Å². The van der Waals surface area contributed by atoms with Gasteiger partial charge < -0.3 is 5.32 Å². The number of benzene rings is 1. The molecule has 0 saturated heterocycles. The van der Waals surface area contributed by atoms with E-state index >= 15 is 0 Å². The van der Waals surface area contributed by atoms with Crippen LogP contribution in [0, 0.1) is 0 Å². The Labute approximate surface area is 102 Å². The molecule has 0 atom stereocenters. The van der Waals surface area contributed by atoms with E-state index < -0.39 is 0 Å². The van der Waals surface area contributed by atoms with E-state index in [1.165, 1.54) is 17.5 Å². The zero-order valence-corrected chi connectivity index (χ0v) is 10.5. The fourth-order valence-corrected chi connectivity index (χ4v) is 2.43. The molecule has 0 heterocycles. The maximum atomic E-state index is 11.2. The summed E-state index contributed by atoms with van der Waals surface area (Å²) in [6.07, 6.45) is 3.44. The number of hydrogen-bond donors (Lipinski definition) is 1. The van der Waals surface area contributed by atoms with Crippen molar-refractivity contribution in [3.05, 3.63) is 27.7 Å². The maximum Gasteiger partial charge on any atom is 0.239 e. The molecule has 15 heavy (non-hydrogen) atoms. The summed E-state index contributed by atoms with van der Waals surface area (Å²) in [5.74, 6) is -0.181. The molecule has 4 heteroatoms. The number of amides is 1. The van der Waals surface area contributed by atoms with Gasteiger partial charge in [0.25, 0.3) is 0 Å². The Morgan fingerprint density at radius 1 is 1.40 bits per heavy atom. The van der Waals surface area contributed by atoms with Gasteiger partial charge in [-0.15, -0.1) is 11.6 Å². The van der Waals surface area contributed by atoms with Gasteiger partial charge in [0.2, 0.25) is 5.91 Å². The second kappa shape index (κ2) is 4.54. The van der Waals surface area contributed by atoms with E-state index in [2.05, 4.69) is 27.3 Å². The number of anilines is 1. The summed E-state index contributed by atoms with van der Waals surface area (Å²) < 4.78 is 0.932. The third kappa shape index (κ3) is 2.34. The number of carbonyl (C=O) groups excluding carboxylic acids is 1. The van der Waals surface area contributed by atoms with Crippen LogP contribution in [0.5, 0.6) is 0 Å². The molecular weight excluding hydrogens is 277 g/mol. The van der Waals surface area contributed by atoms with Gasteiger partial charge >= 0.3 is 0 Å². The van der Waals surface area contributed by atoms with Gasteiger partial charge in [-0.05, 0) is 58.5 Å². The third-order valence-electron chi connectivity index (χ3n) is 2.58. The molecule has 2 nitrogen and oxygen atoms in total. The Balaban J connectivity index is 2.28. The molecule has 0 bridgehead atoms. The van der Waals surface area contributed by atoms with Crippen LogP contribution in [0.15, 0.2) is 16.6 Å². The number of rotatable bonds is 2. The van der Waals surface area contributed by atoms with E-state index in [4.69, 9.17) is 11.6 Å². The molecule has 0 spiro atoms. The van der Waals surface area contributed by atoms with Gasteiger partial charge in [0.1, 0.15) is 5.88 Å². The smallest absolute Gasteiger partial charge is 0.239 e. The first-order valence-electron chi connectivity index (χ1n) is 4.88. The number of alkyl halides is 1. The van der Waals surface area contributed by atoms with Crippen molar-refractivity contribution in [3.8, 4) is 0 Å². The molecule has 1 aliphatic carbocycles. The minimum absolute atomic E-state index is 0.0104. The van der Waals surface area contributed by atoms with Gasteiger partial charge in [-0.1, -0.05) is 0 Å². The number of halogens is 2. The molecule has 0 unspecified atom stereocenters. The van der Waals surface area contributed by atoms with E-state index in [1.54, 1.807) is 0 Å². The van der Waals surface area contributed by atoms with Crippen molar-refractivity contribution in [2.75, 3.05) is 11.2 Å².